The number of hydrogen-bond donors (Lipinski definition) is 2. The third-order valence-electron chi connectivity index (χ3n) is 5.45. The maximum absolute atomic E-state index is 12.7. The lowest BCUT2D eigenvalue weighted by atomic mass is 10.0. The number of methoxy groups -OCH3 is 1. The smallest absolute Gasteiger partial charge is 0.251 e. The lowest BCUT2D eigenvalue weighted by Crippen LogP contribution is -2.37. The number of carbonyl (C=O) groups excluding carboxylic acids is 1. The van der Waals surface area contributed by atoms with E-state index in [0.717, 1.165) is 59.0 Å². The van der Waals surface area contributed by atoms with Crippen molar-refractivity contribution in [3.8, 4) is 17.0 Å². The summed E-state index contributed by atoms with van der Waals surface area (Å²) in [4.78, 5) is 14.9. The standard InChI is InChI=1S/C23H26N4O2/c1-15-4-5-16(2)20(12-15)23(28)24-18-10-11-27(14-18)22-13-21(25-26-22)17-6-8-19(29-3)9-7-17/h4-9,12-13,18H,10-11,14H2,1-3H3,(H,24,28)(H,25,26)/t18-/m0/s1. The van der Waals surface area contributed by atoms with Crippen molar-refractivity contribution in [3.63, 3.8) is 0 Å². The van der Waals surface area contributed by atoms with Gasteiger partial charge in [0.25, 0.3) is 5.91 Å². The quantitative estimate of drug-likeness (QED) is 0.697. The van der Waals surface area contributed by atoms with E-state index in [4.69, 9.17) is 4.74 Å². The highest BCUT2D eigenvalue weighted by Gasteiger charge is 2.26. The number of hydrogen-bond acceptors (Lipinski definition) is 4. The van der Waals surface area contributed by atoms with E-state index in [-0.39, 0.29) is 11.9 Å². The Kier molecular flexibility index (Phi) is 5.25. The molecule has 1 fully saturated rings. The number of nitrogens with zero attached hydrogens (tertiary/aromatic N) is 2. The van der Waals surface area contributed by atoms with Crippen LogP contribution in [0.15, 0.2) is 48.5 Å². The Morgan fingerprint density at radius 3 is 2.72 bits per heavy atom. The Balaban J connectivity index is 1.40. The molecule has 1 aromatic heterocycles. The van der Waals surface area contributed by atoms with Gasteiger partial charge in [-0.05, 0) is 61.7 Å². The van der Waals surface area contributed by atoms with E-state index < -0.39 is 0 Å². The van der Waals surface area contributed by atoms with E-state index in [0.29, 0.717) is 0 Å². The predicted molar refractivity (Wildman–Crippen MR) is 115 cm³/mol. The van der Waals surface area contributed by atoms with Crippen LogP contribution in [0.3, 0.4) is 0 Å². The van der Waals surface area contributed by atoms with Crippen molar-refractivity contribution in [1.29, 1.82) is 0 Å². The number of nitrogens with one attached hydrogen (secondary N) is 2. The normalized spacial score (nSPS) is 16.1. The maximum Gasteiger partial charge on any atom is 0.251 e. The molecule has 2 N–H and O–H groups in total. The zero-order valence-electron chi connectivity index (χ0n) is 17.0. The lowest BCUT2D eigenvalue weighted by molar-refractivity contribution is 0.0939. The van der Waals surface area contributed by atoms with Crippen LogP contribution in [0, 0.1) is 13.8 Å². The number of benzene rings is 2. The van der Waals surface area contributed by atoms with Gasteiger partial charge in [-0.15, -0.1) is 0 Å². The summed E-state index contributed by atoms with van der Waals surface area (Å²) in [6, 6.07) is 16.0. The first-order valence-electron chi connectivity index (χ1n) is 9.86. The Labute approximate surface area is 170 Å². The number of anilines is 1. The third kappa shape index (κ3) is 4.11. The minimum Gasteiger partial charge on any atom is -0.497 e. The molecule has 0 spiro atoms. The number of ether oxygens (including phenoxy) is 1. The van der Waals surface area contributed by atoms with Crippen molar-refractivity contribution in [2.24, 2.45) is 0 Å². The van der Waals surface area contributed by atoms with Gasteiger partial charge in [-0.25, -0.2) is 0 Å². The molecule has 1 saturated heterocycles. The molecule has 6 heteroatoms. The zero-order chi connectivity index (χ0) is 20.4. The Bertz CT molecular complexity index is 1010. The second-order valence-electron chi connectivity index (χ2n) is 7.59. The van der Waals surface area contributed by atoms with Gasteiger partial charge in [0.05, 0.1) is 12.8 Å². The van der Waals surface area contributed by atoms with E-state index in [2.05, 4.69) is 26.5 Å². The van der Waals surface area contributed by atoms with Crippen molar-refractivity contribution in [2.75, 3.05) is 25.1 Å². The highest BCUT2D eigenvalue weighted by atomic mass is 16.5. The number of carbonyl (C=O) groups is 1. The fourth-order valence-corrected chi connectivity index (χ4v) is 3.72. The molecule has 3 aromatic rings. The highest BCUT2D eigenvalue weighted by Crippen LogP contribution is 2.26. The van der Waals surface area contributed by atoms with Crippen LogP contribution in [0.1, 0.15) is 27.9 Å². The van der Waals surface area contributed by atoms with Gasteiger partial charge >= 0.3 is 0 Å². The summed E-state index contributed by atoms with van der Waals surface area (Å²) in [5.74, 6) is 1.73. The van der Waals surface area contributed by atoms with E-state index in [1.54, 1.807) is 7.11 Å². The zero-order valence-corrected chi connectivity index (χ0v) is 17.0. The third-order valence-corrected chi connectivity index (χ3v) is 5.45. The van der Waals surface area contributed by atoms with Gasteiger partial charge < -0.3 is 15.0 Å². The first-order valence-corrected chi connectivity index (χ1v) is 9.86. The fraction of sp³-hybridized carbons (Fsp3) is 0.304. The van der Waals surface area contributed by atoms with Gasteiger partial charge in [0.1, 0.15) is 5.75 Å². The number of rotatable bonds is 5. The molecule has 0 aliphatic carbocycles. The molecule has 1 aliphatic rings. The number of aromatic amines is 1. The number of aryl methyl sites for hydroxylation is 2. The molecular formula is C23H26N4O2. The topological polar surface area (TPSA) is 70.2 Å². The first-order chi connectivity index (χ1) is 14.0. The Hall–Kier alpha value is -3.28. The van der Waals surface area contributed by atoms with Crippen molar-refractivity contribution in [1.82, 2.24) is 15.5 Å². The predicted octanol–water partition coefficient (Wildman–Crippen LogP) is 3.71. The summed E-state index contributed by atoms with van der Waals surface area (Å²) in [5, 5.41) is 10.8. The lowest BCUT2D eigenvalue weighted by Gasteiger charge is -2.16. The number of aromatic nitrogens is 2. The highest BCUT2D eigenvalue weighted by molar-refractivity contribution is 5.96. The van der Waals surface area contributed by atoms with Crippen molar-refractivity contribution in [3.05, 3.63) is 65.2 Å². The molecule has 0 saturated carbocycles. The van der Waals surface area contributed by atoms with Gasteiger partial charge in [0.2, 0.25) is 0 Å². The average molecular weight is 390 g/mol. The van der Waals surface area contributed by atoms with Crippen LogP contribution in [0.25, 0.3) is 11.3 Å². The molecule has 150 valence electrons. The summed E-state index contributed by atoms with van der Waals surface area (Å²) >= 11 is 0. The van der Waals surface area contributed by atoms with Gasteiger partial charge in [-0.3, -0.25) is 9.89 Å². The van der Waals surface area contributed by atoms with Crippen LogP contribution in [0.4, 0.5) is 5.82 Å². The monoisotopic (exact) mass is 390 g/mol. The minimum absolute atomic E-state index is 0.000926. The van der Waals surface area contributed by atoms with Crippen LogP contribution in [0.5, 0.6) is 5.75 Å². The molecule has 0 bridgehead atoms. The summed E-state index contributed by atoms with van der Waals surface area (Å²) in [5.41, 5.74) is 4.87. The number of H-pyrrole nitrogens is 1. The molecule has 2 aromatic carbocycles. The maximum atomic E-state index is 12.7. The molecule has 1 atom stereocenters. The van der Waals surface area contributed by atoms with Crippen LogP contribution < -0.4 is 15.0 Å². The summed E-state index contributed by atoms with van der Waals surface area (Å²) < 4.78 is 5.21. The van der Waals surface area contributed by atoms with Gasteiger partial charge in [0.15, 0.2) is 5.82 Å². The van der Waals surface area contributed by atoms with Crippen molar-refractivity contribution < 1.29 is 9.53 Å². The molecule has 0 unspecified atom stereocenters. The summed E-state index contributed by atoms with van der Waals surface area (Å²) in [6.07, 6.45) is 0.904. The first kappa shape index (κ1) is 19.1. The van der Waals surface area contributed by atoms with E-state index in [1.165, 1.54) is 0 Å². The molecule has 4 rings (SSSR count). The fourth-order valence-electron chi connectivity index (χ4n) is 3.72. The summed E-state index contributed by atoms with van der Waals surface area (Å²) in [6.45, 7) is 5.60. The molecule has 2 heterocycles. The number of amides is 1. The molecule has 6 nitrogen and oxygen atoms in total. The molecule has 1 aliphatic heterocycles. The molecule has 0 radical (unpaired) electrons. The second-order valence-corrected chi connectivity index (χ2v) is 7.59. The largest absolute Gasteiger partial charge is 0.497 e. The molecule has 1 amide bonds. The molecular weight excluding hydrogens is 364 g/mol. The van der Waals surface area contributed by atoms with Gasteiger partial charge in [-0.1, -0.05) is 17.7 Å². The van der Waals surface area contributed by atoms with Gasteiger partial charge in [-0.2, -0.15) is 5.10 Å². The average Bonchev–Trinajstić information content (AvgIpc) is 3.39. The van der Waals surface area contributed by atoms with Crippen LogP contribution in [0.2, 0.25) is 0 Å². The second kappa shape index (κ2) is 7.99. The Morgan fingerprint density at radius 2 is 1.97 bits per heavy atom. The van der Waals surface area contributed by atoms with E-state index in [1.807, 2.05) is 56.3 Å². The minimum atomic E-state index is -0.000926. The van der Waals surface area contributed by atoms with Crippen LogP contribution in [-0.4, -0.2) is 42.3 Å². The SMILES string of the molecule is COc1ccc(-c2cc(N3CC[C@H](NC(=O)c4cc(C)ccc4C)C3)n[nH]2)cc1. The van der Waals surface area contributed by atoms with Gasteiger partial charge in [0, 0.05) is 30.8 Å². The Morgan fingerprint density at radius 1 is 1.17 bits per heavy atom. The summed E-state index contributed by atoms with van der Waals surface area (Å²) in [7, 11) is 1.66. The van der Waals surface area contributed by atoms with Crippen molar-refractivity contribution >= 4 is 11.7 Å². The molecule has 29 heavy (non-hydrogen) atoms. The van der Waals surface area contributed by atoms with E-state index in [9.17, 15) is 4.79 Å². The van der Waals surface area contributed by atoms with Crippen molar-refractivity contribution in [2.45, 2.75) is 26.3 Å². The van der Waals surface area contributed by atoms with E-state index >= 15 is 0 Å². The van der Waals surface area contributed by atoms with Crippen LogP contribution >= 0.6 is 0 Å². The van der Waals surface area contributed by atoms with Crippen LogP contribution in [-0.2, 0) is 0 Å².